The molecule has 1 saturated heterocycles. The largest absolute Gasteiger partial charge is 0.302 e. The summed E-state index contributed by atoms with van der Waals surface area (Å²) in [6.07, 6.45) is 0.413. The third kappa shape index (κ3) is 5.29. The third-order valence-electron chi connectivity index (χ3n) is 5.95. The van der Waals surface area contributed by atoms with E-state index in [2.05, 4.69) is 24.8 Å². The maximum atomic E-state index is 13.7. The first kappa shape index (κ1) is 25.8. The molecule has 3 aromatic rings. The summed E-state index contributed by atoms with van der Waals surface area (Å²) >= 11 is 1.50. The van der Waals surface area contributed by atoms with Crippen molar-refractivity contribution in [3.63, 3.8) is 0 Å². The molecule has 1 fully saturated rings. The van der Waals surface area contributed by atoms with Gasteiger partial charge in [0, 0.05) is 31.5 Å². The molecule has 0 unspecified atom stereocenters. The average molecular weight is 501 g/mol. The van der Waals surface area contributed by atoms with Crippen molar-refractivity contribution in [2.24, 2.45) is 0 Å². The lowest BCUT2D eigenvalue weighted by molar-refractivity contribution is -0.121. The minimum atomic E-state index is -0.232. The molecule has 3 amide bonds. The fourth-order valence-electron chi connectivity index (χ4n) is 4.00. The van der Waals surface area contributed by atoms with Gasteiger partial charge in [0.05, 0.1) is 15.9 Å². The average Bonchev–Trinajstić information content (AvgIpc) is 3.38. The van der Waals surface area contributed by atoms with Crippen LogP contribution in [-0.2, 0) is 9.59 Å². The first-order valence-electron chi connectivity index (χ1n) is 11.3. The van der Waals surface area contributed by atoms with Gasteiger partial charge in [-0.2, -0.15) is 0 Å². The number of aromatic nitrogens is 1. The molecule has 0 saturated carbocycles. The second-order valence-electron chi connectivity index (χ2n) is 8.12. The molecule has 0 atom stereocenters. The first-order valence-corrected chi connectivity index (χ1v) is 12.1. The maximum Gasteiger partial charge on any atom is 0.260 e. The number of likely N-dealkylation sites (N-methyl/N-ethyl adjacent to an activating group) is 1. The second kappa shape index (κ2) is 11.1. The number of rotatable bonds is 8. The predicted molar refractivity (Wildman–Crippen MR) is 139 cm³/mol. The molecule has 9 heteroatoms. The van der Waals surface area contributed by atoms with Crippen molar-refractivity contribution in [2.45, 2.75) is 33.6 Å². The van der Waals surface area contributed by atoms with Crippen LogP contribution in [0.1, 0.15) is 42.6 Å². The van der Waals surface area contributed by atoms with Gasteiger partial charge in [-0.15, -0.1) is 12.4 Å². The van der Waals surface area contributed by atoms with Gasteiger partial charge in [0.2, 0.25) is 11.8 Å². The minimum absolute atomic E-state index is 0. The van der Waals surface area contributed by atoms with Crippen LogP contribution in [0.25, 0.3) is 10.2 Å². The van der Waals surface area contributed by atoms with Crippen LogP contribution >= 0.6 is 23.7 Å². The van der Waals surface area contributed by atoms with Crippen molar-refractivity contribution in [1.82, 2.24) is 9.88 Å². The number of thiazole rings is 1. The Hall–Kier alpha value is -2.81. The Morgan fingerprint density at radius 1 is 1.03 bits per heavy atom. The Bertz CT molecular complexity index is 1190. The van der Waals surface area contributed by atoms with E-state index in [4.69, 9.17) is 4.98 Å². The van der Waals surface area contributed by atoms with Crippen molar-refractivity contribution in [1.29, 1.82) is 0 Å². The van der Waals surface area contributed by atoms with Crippen LogP contribution in [-0.4, -0.2) is 53.8 Å². The van der Waals surface area contributed by atoms with Gasteiger partial charge in [0.1, 0.15) is 0 Å². The molecule has 1 aliphatic rings. The van der Waals surface area contributed by atoms with Crippen LogP contribution in [0.5, 0.6) is 0 Å². The second-order valence-corrected chi connectivity index (χ2v) is 9.13. The molecule has 180 valence electrons. The highest BCUT2D eigenvalue weighted by molar-refractivity contribution is 7.22. The number of hydrogen-bond donors (Lipinski definition) is 0. The Labute approximate surface area is 209 Å². The molecule has 4 rings (SSSR count). The normalized spacial score (nSPS) is 13.6. The Morgan fingerprint density at radius 2 is 1.74 bits per heavy atom. The Balaban J connectivity index is 0.00000324. The highest BCUT2D eigenvalue weighted by Gasteiger charge is 2.31. The quantitative estimate of drug-likeness (QED) is 0.420. The number of amides is 3. The highest BCUT2D eigenvalue weighted by atomic mass is 35.5. The van der Waals surface area contributed by atoms with Crippen molar-refractivity contribution >= 4 is 62.5 Å². The smallest absolute Gasteiger partial charge is 0.260 e. The molecule has 0 radical (unpaired) electrons. The summed E-state index contributed by atoms with van der Waals surface area (Å²) in [5, 5.41) is 0.645. The number of anilines is 2. The Morgan fingerprint density at radius 3 is 2.41 bits per heavy atom. The van der Waals surface area contributed by atoms with Crippen LogP contribution in [0, 0.1) is 6.92 Å². The zero-order valence-corrected chi connectivity index (χ0v) is 21.2. The van der Waals surface area contributed by atoms with E-state index < -0.39 is 0 Å². The lowest BCUT2D eigenvalue weighted by atomic mass is 10.1. The number of halogens is 1. The molecule has 1 aromatic heterocycles. The van der Waals surface area contributed by atoms with Crippen molar-refractivity contribution in [3.8, 4) is 0 Å². The number of benzene rings is 2. The minimum Gasteiger partial charge on any atom is -0.302 e. The summed E-state index contributed by atoms with van der Waals surface area (Å²) < 4.78 is 1.03. The molecule has 0 bridgehead atoms. The molecule has 0 aliphatic carbocycles. The highest BCUT2D eigenvalue weighted by Crippen LogP contribution is 2.31. The van der Waals surface area contributed by atoms with Gasteiger partial charge in [-0.1, -0.05) is 37.3 Å². The molecule has 1 aliphatic heterocycles. The zero-order valence-electron chi connectivity index (χ0n) is 19.6. The van der Waals surface area contributed by atoms with Crippen molar-refractivity contribution in [3.05, 3.63) is 53.6 Å². The summed E-state index contributed by atoms with van der Waals surface area (Å²) in [6, 6.07) is 12.8. The number of carbonyl (C=O) groups is 3. The van der Waals surface area contributed by atoms with Gasteiger partial charge in [-0.25, -0.2) is 4.98 Å². The number of carbonyl (C=O) groups excluding carboxylic acids is 3. The van der Waals surface area contributed by atoms with E-state index in [9.17, 15) is 14.4 Å². The fraction of sp³-hybridized carbons (Fsp3) is 0.360. The maximum absolute atomic E-state index is 13.7. The van der Waals surface area contributed by atoms with Gasteiger partial charge in [0.15, 0.2) is 5.13 Å². The van der Waals surface area contributed by atoms with E-state index in [1.165, 1.54) is 16.2 Å². The van der Waals surface area contributed by atoms with Crippen molar-refractivity contribution < 1.29 is 14.4 Å². The van der Waals surface area contributed by atoms with Crippen LogP contribution in [0.4, 0.5) is 10.8 Å². The number of fused-ring (bicyclic) bond motifs is 1. The molecule has 0 N–H and O–H groups in total. The summed E-state index contributed by atoms with van der Waals surface area (Å²) in [7, 11) is 0. The summed E-state index contributed by atoms with van der Waals surface area (Å²) in [4.78, 5) is 48.0. The van der Waals surface area contributed by atoms with Crippen LogP contribution < -0.4 is 9.80 Å². The SMILES string of the molecule is CCN(CC)CCN(C(=O)c1cccc(N2C(=O)CCC2=O)c1)c1nc2ccc(C)cc2s1.Cl. The van der Waals surface area contributed by atoms with E-state index in [-0.39, 0.29) is 43.0 Å². The summed E-state index contributed by atoms with van der Waals surface area (Å²) in [5.74, 6) is -0.659. The van der Waals surface area contributed by atoms with Gasteiger partial charge in [-0.3, -0.25) is 24.2 Å². The number of hydrogen-bond acceptors (Lipinski definition) is 6. The van der Waals surface area contributed by atoms with E-state index in [1.54, 1.807) is 29.2 Å². The van der Waals surface area contributed by atoms with E-state index in [0.717, 1.165) is 35.4 Å². The molecular weight excluding hydrogens is 472 g/mol. The molecule has 2 aromatic carbocycles. The standard InChI is InChI=1S/C25H28N4O3S.ClH/c1-4-27(5-2)13-14-28(25-26-20-10-9-17(3)15-21(20)33-25)24(32)18-7-6-8-19(16-18)29-22(30)11-12-23(29)31;/h6-10,15-16H,4-5,11-14H2,1-3H3;1H. The van der Waals surface area contributed by atoms with E-state index in [0.29, 0.717) is 22.9 Å². The molecule has 34 heavy (non-hydrogen) atoms. The van der Waals surface area contributed by atoms with Crippen LogP contribution in [0.2, 0.25) is 0 Å². The monoisotopic (exact) mass is 500 g/mol. The van der Waals surface area contributed by atoms with Gasteiger partial charge >= 0.3 is 0 Å². The summed E-state index contributed by atoms with van der Waals surface area (Å²) in [6.45, 7) is 9.24. The Kier molecular flexibility index (Phi) is 8.41. The van der Waals surface area contributed by atoms with Crippen LogP contribution in [0.3, 0.4) is 0 Å². The van der Waals surface area contributed by atoms with Gasteiger partial charge in [-0.05, 0) is 55.9 Å². The number of nitrogens with zero attached hydrogens (tertiary/aromatic N) is 4. The van der Waals surface area contributed by atoms with E-state index in [1.807, 2.05) is 19.1 Å². The molecule has 0 spiro atoms. The molecular formula is C25H29ClN4O3S. The van der Waals surface area contributed by atoms with Crippen LogP contribution in [0.15, 0.2) is 42.5 Å². The van der Waals surface area contributed by atoms with Crippen molar-refractivity contribution in [2.75, 3.05) is 36.0 Å². The topological polar surface area (TPSA) is 73.8 Å². The first-order chi connectivity index (χ1) is 15.9. The fourth-order valence-corrected chi connectivity index (χ4v) is 5.09. The molecule has 2 heterocycles. The van der Waals surface area contributed by atoms with Gasteiger partial charge in [0.25, 0.3) is 5.91 Å². The summed E-state index contributed by atoms with van der Waals surface area (Å²) in [5.41, 5.74) is 2.88. The van der Waals surface area contributed by atoms with Gasteiger partial charge < -0.3 is 4.90 Å². The predicted octanol–water partition coefficient (Wildman–Crippen LogP) is 4.67. The number of imide groups is 1. The lowest BCUT2D eigenvalue weighted by Crippen LogP contribution is -2.39. The third-order valence-corrected chi connectivity index (χ3v) is 6.99. The molecule has 7 nitrogen and oxygen atoms in total. The van der Waals surface area contributed by atoms with E-state index >= 15 is 0 Å². The lowest BCUT2D eigenvalue weighted by Gasteiger charge is -2.25. The zero-order chi connectivity index (χ0) is 23.5. The number of aryl methyl sites for hydroxylation is 1.